The van der Waals surface area contributed by atoms with Gasteiger partial charge in [0.1, 0.15) is 0 Å². The van der Waals surface area contributed by atoms with E-state index in [4.69, 9.17) is 0 Å². The molecule has 4 aliphatic heterocycles. The summed E-state index contributed by atoms with van der Waals surface area (Å²) < 4.78 is 1.71. The molecule has 2 bridgehead atoms. The van der Waals surface area contributed by atoms with Crippen LogP contribution in [0.5, 0.6) is 0 Å². The fourth-order valence-electron chi connectivity index (χ4n) is 5.17. The Morgan fingerprint density at radius 3 is 1.16 bits per heavy atom. The van der Waals surface area contributed by atoms with Crippen molar-refractivity contribution >= 4 is 65.9 Å². The maximum absolute atomic E-state index is 14.0. The van der Waals surface area contributed by atoms with Crippen molar-refractivity contribution in [2.75, 3.05) is 30.2 Å². The molecule has 4 aromatic rings. The van der Waals surface area contributed by atoms with Gasteiger partial charge in [0.25, 0.3) is 0 Å². The molecule has 2 N–H and O–H groups in total. The Morgan fingerprint density at radius 1 is 0.432 bits per heavy atom. The number of nitrogens with one attached hydrogen (secondary N) is 2. The van der Waals surface area contributed by atoms with Crippen LogP contribution in [0.1, 0.15) is 0 Å². The van der Waals surface area contributed by atoms with Crippen LogP contribution in [0.4, 0.5) is 55.1 Å². The number of amides is 4. The number of nitrogens with zero attached hydrogens (tertiary/aromatic N) is 4. The Bertz CT molecular complexity index is 1640. The standard InChI is InChI=1S/C28H18N6O2.Pt/c35-27-29-19-9-1-3-11-21(19)31-17-34(25-15-7-5-13-23(25)31)28(36)30-20-10-2-4-12-22(20)32-18-33(27)26-16-8-6-14-24(26)32;/h1-16H,(H,29,35)(H,30,36);. The molecule has 0 fully saturated rings. The molecule has 0 spiro atoms. The van der Waals surface area contributed by atoms with Gasteiger partial charge >= 0.3 is 220 Å². The fraction of sp³-hybridized carbons (Fsp3) is 0. The summed E-state index contributed by atoms with van der Waals surface area (Å²) in [5.41, 5.74) is 6.44. The van der Waals surface area contributed by atoms with Gasteiger partial charge in [-0.3, -0.25) is 0 Å². The first-order chi connectivity index (χ1) is 18.2. The fourth-order valence-corrected chi connectivity index (χ4v) is 8.74. The van der Waals surface area contributed by atoms with E-state index in [1.54, 1.807) is 9.80 Å². The number of anilines is 8. The van der Waals surface area contributed by atoms with Crippen molar-refractivity contribution in [1.29, 1.82) is 0 Å². The summed E-state index contributed by atoms with van der Waals surface area (Å²) in [5.74, 6) is 0. The second kappa shape index (κ2) is 7.48. The van der Waals surface area contributed by atoms with Gasteiger partial charge in [-0.15, -0.1) is 0 Å². The van der Waals surface area contributed by atoms with Crippen molar-refractivity contribution in [2.24, 2.45) is 0 Å². The van der Waals surface area contributed by atoms with Crippen molar-refractivity contribution in [3.63, 3.8) is 0 Å². The molecule has 182 valence electrons. The third-order valence-corrected chi connectivity index (χ3v) is 9.78. The zero-order valence-corrected chi connectivity index (χ0v) is 21.4. The number of hydrogen-bond acceptors (Lipinski definition) is 4. The predicted octanol–water partition coefficient (Wildman–Crippen LogP) is 5.65. The number of benzene rings is 4. The molecular formula is C28H18N6O2Pt. The van der Waals surface area contributed by atoms with Gasteiger partial charge in [0.2, 0.25) is 0 Å². The Morgan fingerprint density at radius 2 is 0.757 bits per heavy atom. The van der Waals surface area contributed by atoms with Crippen LogP contribution in [0.3, 0.4) is 0 Å². The Kier molecular flexibility index (Phi) is 4.17. The molecule has 0 saturated heterocycles. The zero-order chi connectivity index (χ0) is 24.7. The van der Waals surface area contributed by atoms with Crippen molar-refractivity contribution < 1.29 is 27.2 Å². The molecule has 4 amide bonds. The van der Waals surface area contributed by atoms with Gasteiger partial charge in [-0.25, -0.2) is 0 Å². The van der Waals surface area contributed by atoms with Crippen molar-refractivity contribution in [3.05, 3.63) is 97.1 Å². The first-order valence-corrected chi connectivity index (χ1v) is 14.0. The average Bonchev–Trinajstić information content (AvgIpc) is 3.43. The molecule has 0 atom stereocenters. The number of carbonyl (C=O) groups excluding carboxylic acids is 2. The van der Waals surface area contributed by atoms with E-state index in [1.807, 2.05) is 97.1 Å². The summed E-state index contributed by atoms with van der Waals surface area (Å²) in [6.07, 6.45) is 0. The molecule has 9 heteroatoms. The van der Waals surface area contributed by atoms with Gasteiger partial charge in [0.05, 0.1) is 0 Å². The number of hydrogen-bond donors (Lipinski definition) is 2. The van der Waals surface area contributed by atoms with Crippen LogP contribution in [0.25, 0.3) is 0 Å². The molecule has 8 nitrogen and oxygen atoms in total. The van der Waals surface area contributed by atoms with Gasteiger partial charge in [-0.05, 0) is 0 Å². The van der Waals surface area contributed by atoms with Gasteiger partial charge in [-0.1, -0.05) is 0 Å². The molecule has 8 rings (SSSR count). The predicted molar refractivity (Wildman–Crippen MR) is 143 cm³/mol. The average molecular weight is 666 g/mol. The second-order valence-corrected chi connectivity index (χ2v) is 11.4. The Balaban J connectivity index is 1.55. The van der Waals surface area contributed by atoms with E-state index in [-0.39, 0.29) is 12.1 Å². The van der Waals surface area contributed by atoms with Crippen LogP contribution in [0.15, 0.2) is 97.1 Å². The van der Waals surface area contributed by atoms with E-state index in [0.29, 0.717) is 11.4 Å². The quantitative estimate of drug-likeness (QED) is 0.255. The molecule has 4 aromatic carbocycles. The monoisotopic (exact) mass is 665 g/mol. The summed E-state index contributed by atoms with van der Waals surface area (Å²) in [6, 6.07) is 30.9. The van der Waals surface area contributed by atoms with E-state index >= 15 is 0 Å². The molecule has 0 radical (unpaired) electrons. The molecule has 4 heterocycles. The van der Waals surface area contributed by atoms with Gasteiger partial charge < -0.3 is 0 Å². The summed E-state index contributed by atoms with van der Waals surface area (Å²) in [4.78, 5) is 35.8. The molecule has 0 aromatic heterocycles. The molecule has 0 unspecified atom stereocenters. The third kappa shape index (κ3) is 2.76. The van der Waals surface area contributed by atoms with Crippen LogP contribution >= 0.6 is 0 Å². The zero-order valence-electron chi connectivity index (χ0n) is 19.2. The van der Waals surface area contributed by atoms with Crippen LogP contribution in [0.2, 0.25) is 0 Å². The minimum atomic E-state index is -1.09. The topological polar surface area (TPSA) is 71.2 Å². The number of carbonyl (C=O) groups is 2. The summed E-state index contributed by atoms with van der Waals surface area (Å²) in [6.45, 7) is 0. The molecule has 4 aliphatic rings. The summed E-state index contributed by atoms with van der Waals surface area (Å²) in [7, 11) is 0. The number of rotatable bonds is 0. The van der Waals surface area contributed by atoms with E-state index in [2.05, 4.69) is 20.4 Å². The van der Waals surface area contributed by atoms with Gasteiger partial charge in [-0.2, -0.15) is 0 Å². The normalized spacial score (nSPS) is 17.0. The third-order valence-electron chi connectivity index (χ3n) is 6.73. The molecule has 37 heavy (non-hydrogen) atoms. The van der Waals surface area contributed by atoms with Gasteiger partial charge in [0.15, 0.2) is 0 Å². The number of urea groups is 2. The van der Waals surface area contributed by atoms with Crippen molar-refractivity contribution in [3.8, 4) is 0 Å². The second-order valence-electron chi connectivity index (χ2n) is 8.78. The summed E-state index contributed by atoms with van der Waals surface area (Å²) >= 11 is -1.09. The number of para-hydroxylation sites is 8. The van der Waals surface area contributed by atoms with Crippen molar-refractivity contribution in [1.82, 2.24) is 0 Å². The molecular weight excluding hydrogens is 647 g/mol. The van der Waals surface area contributed by atoms with Crippen LogP contribution < -0.4 is 30.2 Å². The van der Waals surface area contributed by atoms with Crippen LogP contribution in [0, 0.1) is 0 Å². The molecule has 0 aliphatic carbocycles. The van der Waals surface area contributed by atoms with Crippen molar-refractivity contribution in [2.45, 2.75) is 0 Å². The Hall–Kier alpha value is -4.55. The van der Waals surface area contributed by atoms with E-state index in [0.717, 1.165) is 42.4 Å². The van der Waals surface area contributed by atoms with E-state index in [9.17, 15) is 9.59 Å². The summed E-state index contributed by atoms with van der Waals surface area (Å²) in [5, 5.41) is 6.34. The van der Waals surface area contributed by atoms with Crippen LogP contribution in [-0.2, 0) is 17.6 Å². The van der Waals surface area contributed by atoms with Gasteiger partial charge in [0, 0.05) is 0 Å². The minimum absolute atomic E-state index is 0.227. The SMILES string of the molecule is O=C1Nc2ccccc2N2[C]3=[Pt]=[C]4N1c1ccccc1N4c1ccccc1NC(=O)N3c1ccccc12. The first kappa shape index (κ1) is 20.6. The van der Waals surface area contributed by atoms with Crippen LogP contribution in [-0.4, -0.2) is 20.4 Å². The first-order valence-electron chi connectivity index (χ1n) is 11.7. The Labute approximate surface area is 219 Å². The van der Waals surface area contributed by atoms with E-state index in [1.165, 1.54) is 0 Å². The molecule has 0 saturated carbocycles. The number of fused-ring (bicyclic) bond motifs is 10. The maximum atomic E-state index is 14.0. The van der Waals surface area contributed by atoms with E-state index < -0.39 is 17.6 Å².